The molecule has 0 aromatic heterocycles. The molecule has 1 unspecified atom stereocenters. The van der Waals surface area contributed by atoms with E-state index in [0.717, 1.165) is 31.8 Å². The lowest BCUT2D eigenvalue weighted by Crippen LogP contribution is -2.36. The molecule has 0 aromatic carbocycles. The highest BCUT2D eigenvalue weighted by Gasteiger charge is 2.16. The Hall–Kier alpha value is -0.370. The monoisotopic (exact) mass is 169 g/mol. The summed E-state index contributed by atoms with van der Waals surface area (Å²) in [4.78, 5) is 13.3. The fourth-order valence-electron chi connectivity index (χ4n) is 1.55. The van der Waals surface area contributed by atoms with Crippen molar-refractivity contribution in [2.24, 2.45) is 5.92 Å². The van der Waals surface area contributed by atoms with Gasteiger partial charge in [-0.3, -0.25) is 4.79 Å². The molecule has 1 aliphatic rings. The van der Waals surface area contributed by atoms with Crippen LogP contribution in [0.5, 0.6) is 0 Å². The van der Waals surface area contributed by atoms with Gasteiger partial charge in [-0.25, -0.2) is 0 Å². The van der Waals surface area contributed by atoms with Crippen molar-refractivity contribution >= 4 is 5.78 Å². The lowest BCUT2D eigenvalue weighted by Gasteiger charge is -2.27. The van der Waals surface area contributed by atoms with Gasteiger partial charge in [0.05, 0.1) is 0 Å². The molecule has 0 amide bonds. The molecule has 1 aliphatic heterocycles. The van der Waals surface area contributed by atoms with Crippen LogP contribution in [0.15, 0.2) is 0 Å². The summed E-state index contributed by atoms with van der Waals surface area (Å²) in [5, 5.41) is 0. The van der Waals surface area contributed by atoms with E-state index in [2.05, 4.69) is 18.7 Å². The summed E-state index contributed by atoms with van der Waals surface area (Å²) >= 11 is 0. The smallest absolute Gasteiger partial charge is 0.135 e. The van der Waals surface area contributed by atoms with Crippen molar-refractivity contribution in [3.63, 3.8) is 0 Å². The van der Waals surface area contributed by atoms with Crippen LogP contribution in [-0.2, 0) is 4.79 Å². The van der Waals surface area contributed by atoms with E-state index >= 15 is 0 Å². The van der Waals surface area contributed by atoms with Crippen LogP contribution in [0.3, 0.4) is 0 Å². The molecule has 0 bridgehead atoms. The summed E-state index contributed by atoms with van der Waals surface area (Å²) in [5.74, 6) is 1.22. The van der Waals surface area contributed by atoms with Crippen LogP contribution in [0.1, 0.15) is 33.1 Å². The first kappa shape index (κ1) is 9.72. The van der Waals surface area contributed by atoms with Crippen molar-refractivity contribution in [3.05, 3.63) is 0 Å². The third-order valence-electron chi connectivity index (χ3n) is 2.68. The number of Topliss-reactive ketones (excluding diaryl/α,β-unsaturated/α-hetero) is 1. The van der Waals surface area contributed by atoms with Crippen molar-refractivity contribution in [2.45, 2.75) is 33.1 Å². The van der Waals surface area contributed by atoms with E-state index in [0.29, 0.717) is 5.78 Å². The van der Waals surface area contributed by atoms with Crippen molar-refractivity contribution < 1.29 is 4.79 Å². The number of nitrogens with zero attached hydrogens (tertiary/aromatic N) is 1. The Bertz CT molecular complexity index is 146. The number of carbonyl (C=O) groups is 1. The zero-order chi connectivity index (χ0) is 8.97. The second-order valence-electron chi connectivity index (χ2n) is 3.85. The standard InChI is InChI=1S/C10H19NO/c1-3-9(2)8-11-6-4-10(12)5-7-11/h9H,3-8H2,1-2H3. The Morgan fingerprint density at radius 2 is 2.00 bits per heavy atom. The van der Waals surface area contributed by atoms with Gasteiger partial charge < -0.3 is 4.90 Å². The molecule has 12 heavy (non-hydrogen) atoms. The largest absolute Gasteiger partial charge is 0.302 e. The highest BCUT2D eigenvalue weighted by Crippen LogP contribution is 2.10. The Labute approximate surface area is 74.9 Å². The normalized spacial score (nSPS) is 22.7. The molecular weight excluding hydrogens is 150 g/mol. The number of hydrogen-bond acceptors (Lipinski definition) is 2. The predicted octanol–water partition coefficient (Wildman–Crippen LogP) is 1.70. The Kier molecular flexibility index (Phi) is 3.73. The maximum atomic E-state index is 10.9. The molecule has 0 saturated carbocycles. The molecule has 0 aliphatic carbocycles. The quantitative estimate of drug-likeness (QED) is 0.641. The fourth-order valence-corrected chi connectivity index (χ4v) is 1.55. The molecule has 1 rings (SSSR count). The zero-order valence-corrected chi connectivity index (χ0v) is 8.18. The fraction of sp³-hybridized carbons (Fsp3) is 0.900. The molecule has 0 N–H and O–H groups in total. The molecular formula is C10H19NO. The van der Waals surface area contributed by atoms with E-state index in [1.165, 1.54) is 13.0 Å². The van der Waals surface area contributed by atoms with Gasteiger partial charge in [0.2, 0.25) is 0 Å². The van der Waals surface area contributed by atoms with Crippen LogP contribution in [0, 0.1) is 5.92 Å². The van der Waals surface area contributed by atoms with Crippen molar-refractivity contribution in [1.82, 2.24) is 4.90 Å². The molecule has 1 heterocycles. The summed E-state index contributed by atoms with van der Waals surface area (Å²) < 4.78 is 0. The first-order chi connectivity index (χ1) is 5.72. The maximum Gasteiger partial charge on any atom is 0.135 e. The number of hydrogen-bond donors (Lipinski definition) is 0. The highest BCUT2D eigenvalue weighted by molar-refractivity contribution is 5.79. The Morgan fingerprint density at radius 3 is 2.50 bits per heavy atom. The number of likely N-dealkylation sites (tertiary alicyclic amines) is 1. The van der Waals surface area contributed by atoms with Crippen LogP contribution in [0.2, 0.25) is 0 Å². The van der Waals surface area contributed by atoms with Gasteiger partial charge in [0, 0.05) is 32.5 Å². The predicted molar refractivity (Wildman–Crippen MR) is 50.1 cm³/mol. The van der Waals surface area contributed by atoms with Gasteiger partial charge in [-0.15, -0.1) is 0 Å². The summed E-state index contributed by atoms with van der Waals surface area (Å²) in [7, 11) is 0. The lowest BCUT2D eigenvalue weighted by atomic mass is 10.1. The number of ketones is 1. The average Bonchev–Trinajstić information content (AvgIpc) is 2.09. The van der Waals surface area contributed by atoms with E-state index in [9.17, 15) is 4.79 Å². The molecule has 1 atom stereocenters. The van der Waals surface area contributed by atoms with Gasteiger partial charge >= 0.3 is 0 Å². The van der Waals surface area contributed by atoms with Crippen LogP contribution >= 0.6 is 0 Å². The highest BCUT2D eigenvalue weighted by atomic mass is 16.1. The van der Waals surface area contributed by atoms with Gasteiger partial charge in [-0.2, -0.15) is 0 Å². The summed E-state index contributed by atoms with van der Waals surface area (Å²) in [5.41, 5.74) is 0. The average molecular weight is 169 g/mol. The van der Waals surface area contributed by atoms with Crippen LogP contribution in [-0.4, -0.2) is 30.3 Å². The van der Waals surface area contributed by atoms with Crippen LogP contribution in [0.4, 0.5) is 0 Å². The van der Waals surface area contributed by atoms with Gasteiger partial charge in [-0.05, 0) is 5.92 Å². The van der Waals surface area contributed by atoms with E-state index in [1.54, 1.807) is 0 Å². The number of rotatable bonds is 3. The SMILES string of the molecule is CCC(C)CN1CCC(=O)CC1. The maximum absolute atomic E-state index is 10.9. The van der Waals surface area contributed by atoms with Crippen molar-refractivity contribution in [3.8, 4) is 0 Å². The topological polar surface area (TPSA) is 20.3 Å². The van der Waals surface area contributed by atoms with E-state index in [1.807, 2.05) is 0 Å². The van der Waals surface area contributed by atoms with Crippen molar-refractivity contribution in [2.75, 3.05) is 19.6 Å². The van der Waals surface area contributed by atoms with Gasteiger partial charge in [0.15, 0.2) is 0 Å². The summed E-state index contributed by atoms with van der Waals surface area (Å²) in [6.07, 6.45) is 2.79. The second-order valence-corrected chi connectivity index (χ2v) is 3.85. The Balaban J connectivity index is 2.21. The lowest BCUT2D eigenvalue weighted by molar-refractivity contribution is -0.121. The van der Waals surface area contributed by atoms with Crippen molar-refractivity contribution in [1.29, 1.82) is 0 Å². The molecule has 1 saturated heterocycles. The third kappa shape index (κ3) is 2.94. The van der Waals surface area contributed by atoms with Crippen LogP contribution < -0.4 is 0 Å². The van der Waals surface area contributed by atoms with Gasteiger partial charge in [0.25, 0.3) is 0 Å². The zero-order valence-electron chi connectivity index (χ0n) is 8.18. The Morgan fingerprint density at radius 1 is 1.42 bits per heavy atom. The first-order valence-corrected chi connectivity index (χ1v) is 4.96. The summed E-state index contributed by atoms with van der Waals surface area (Å²) in [6, 6.07) is 0. The minimum absolute atomic E-state index is 0.440. The molecule has 70 valence electrons. The minimum Gasteiger partial charge on any atom is -0.302 e. The molecule has 0 spiro atoms. The second kappa shape index (κ2) is 4.61. The molecule has 2 heteroatoms. The van der Waals surface area contributed by atoms with E-state index < -0.39 is 0 Å². The van der Waals surface area contributed by atoms with E-state index in [-0.39, 0.29) is 0 Å². The number of piperidine rings is 1. The van der Waals surface area contributed by atoms with Crippen LogP contribution in [0.25, 0.3) is 0 Å². The number of carbonyl (C=O) groups excluding carboxylic acids is 1. The molecule has 1 fully saturated rings. The van der Waals surface area contributed by atoms with E-state index in [4.69, 9.17) is 0 Å². The first-order valence-electron chi connectivity index (χ1n) is 4.96. The molecule has 2 nitrogen and oxygen atoms in total. The summed E-state index contributed by atoms with van der Waals surface area (Å²) in [6.45, 7) is 7.65. The van der Waals surface area contributed by atoms with Gasteiger partial charge in [0.1, 0.15) is 5.78 Å². The third-order valence-corrected chi connectivity index (χ3v) is 2.68. The molecule has 0 radical (unpaired) electrons. The minimum atomic E-state index is 0.440. The molecule has 0 aromatic rings. The van der Waals surface area contributed by atoms with Gasteiger partial charge in [-0.1, -0.05) is 20.3 Å².